The second-order valence-electron chi connectivity index (χ2n) is 4.17. The number of halogens is 1. The third-order valence-corrected chi connectivity index (χ3v) is 3.86. The molecule has 0 aromatic heterocycles. The van der Waals surface area contributed by atoms with Crippen LogP contribution in [0.4, 0.5) is 17.1 Å². The maximum Gasteiger partial charge on any atom is 0.0404 e. The summed E-state index contributed by atoms with van der Waals surface area (Å²) in [6, 6.07) is 12.0. The molecule has 0 amide bonds. The second-order valence-corrected chi connectivity index (χ2v) is 4.97. The number of hydrogen-bond donors (Lipinski definition) is 2. The van der Waals surface area contributed by atoms with Crippen molar-refractivity contribution in [1.29, 1.82) is 0 Å². The van der Waals surface area contributed by atoms with Gasteiger partial charge in [-0.15, -0.1) is 0 Å². The van der Waals surface area contributed by atoms with Crippen molar-refractivity contribution in [3.05, 3.63) is 52.0 Å². The molecule has 2 rings (SSSR count). The third kappa shape index (κ3) is 2.80. The third-order valence-electron chi connectivity index (χ3n) is 2.61. The zero-order valence-electron chi connectivity index (χ0n) is 9.92. The number of rotatable bonds is 2. The van der Waals surface area contributed by atoms with Crippen LogP contribution in [0, 0.1) is 13.8 Å². The highest BCUT2D eigenvalue weighted by Gasteiger charge is 2.02. The van der Waals surface area contributed by atoms with E-state index in [4.69, 9.17) is 5.73 Å². The number of anilines is 3. The molecule has 0 aliphatic carbocycles. The molecule has 2 aromatic carbocycles. The fourth-order valence-corrected chi connectivity index (χ4v) is 2.03. The van der Waals surface area contributed by atoms with Crippen LogP contribution in [0.5, 0.6) is 0 Å². The summed E-state index contributed by atoms with van der Waals surface area (Å²) in [5, 5.41) is 3.35. The summed E-state index contributed by atoms with van der Waals surface area (Å²) in [6.07, 6.45) is 0. The summed E-state index contributed by atoms with van der Waals surface area (Å²) >= 11 is 3.56. The van der Waals surface area contributed by atoms with Crippen LogP contribution in [0.1, 0.15) is 11.1 Å². The highest BCUT2D eigenvalue weighted by Crippen LogP contribution is 2.27. The summed E-state index contributed by atoms with van der Waals surface area (Å²) in [6.45, 7) is 4.17. The van der Waals surface area contributed by atoms with Gasteiger partial charge in [-0.1, -0.05) is 22.0 Å². The normalized spacial score (nSPS) is 10.3. The highest BCUT2D eigenvalue weighted by atomic mass is 79.9. The minimum atomic E-state index is 0.764. The van der Waals surface area contributed by atoms with E-state index in [1.165, 1.54) is 11.1 Å². The van der Waals surface area contributed by atoms with Crippen molar-refractivity contribution in [2.45, 2.75) is 13.8 Å². The van der Waals surface area contributed by atoms with Crippen LogP contribution in [-0.4, -0.2) is 0 Å². The predicted molar refractivity (Wildman–Crippen MR) is 77.8 cm³/mol. The van der Waals surface area contributed by atoms with Crippen LogP contribution in [0.3, 0.4) is 0 Å². The molecule has 0 saturated heterocycles. The smallest absolute Gasteiger partial charge is 0.0404 e. The minimum Gasteiger partial charge on any atom is -0.399 e. The van der Waals surface area contributed by atoms with E-state index in [0.717, 1.165) is 21.5 Å². The topological polar surface area (TPSA) is 38.0 Å². The first-order chi connectivity index (χ1) is 8.06. The number of aryl methyl sites for hydroxylation is 2. The molecule has 0 fully saturated rings. The molecule has 3 heteroatoms. The lowest BCUT2D eigenvalue weighted by Gasteiger charge is -2.11. The Bertz CT molecular complexity index is 527. The molecule has 3 N–H and O–H groups in total. The van der Waals surface area contributed by atoms with Gasteiger partial charge in [0.1, 0.15) is 0 Å². The van der Waals surface area contributed by atoms with Crippen molar-refractivity contribution >= 4 is 33.0 Å². The number of nitrogen functional groups attached to an aromatic ring is 1. The van der Waals surface area contributed by atoms with Gasteiger partial charge in [0.2, 0.25) is 0 Å². The molecular weight excluding hydrogens is 276 g/mol. The van der Waals surface area contributed by atoms with Gasteiger partial charge in [-0.05, 0) is 55.3 Å². The van der Waals surface area contributed by atoms with E-state index in [0.29, 0.717) is 0 Å². The minimum absolute atomic E-state index is 0.764. The molecule has 0 aliphatic heterocycles. The first-order valence-corrected chi connectivity index (χ1v) is 6.25. The molecule has 0 bridgehead atoms. The molecular formula is C14H15BrN2. The molecule has 88 valence electrons. The zero-order valence-corrected chi connectivity index (χ0v) is 11.5. The monoisotopic (exact) mass is 290 g/mol. The van der Waals surface area contributed by atoms with E-state index >= 15 is 0 Å². The van der Waals surface area contributed by atoms with Gasteiger partial charge < -0.3 is 11.1 Å². The lowest BCUT2D eigenvalue weighted by atomic mass is 10.1. The Hall–Kier alpha value is -1.48. The Morgan fingerprint density at radius 3 is 2.24 bits per heavy atom. The first-order valence-electron chi connectivity index (χ1n) is 5.45. The van der Waals surface area contributed by atoms with Gasteiger partial charge in [-0.25, -0.2) is 0 Å². The molecule has 0 spiro atoms. The number of nitrogens with one attached hydrogen (secondary N) is 1. The zero-order chi connectivity index (χ0) is 12.4. The van der Waals surface area contributed by atoms with Crippen LogP contribution < -0.4 is 11.1 Å². The van der Waals surface area contributed by atoms with Gasteiger partial charge >= 0.3 is 0 Å². The largest absolute Gasteiger partial charge is 0.399 e. The van der Waals surface area contributed by atoms with Gasteiger partial charge in [0, 0.05) is 21.5 Å². The summed E-state index contributed by atoms with van der Waals surface area (Å²) in [7, 11) is 0. The Morgan fingerprint density at radius 1 is 1.00 bits per heavy atom. The average Bonchev–Trinajstić information content (AvgIpc) is 2.26. The fraction of sp³-hybridized carbons (Fsp3) is 0.143. The van der Waals surface area contributed by atoms with E-state index in [2.05, 4.69) is 47.2 Å². The number of nitrogens with two attached hydrogens (primary N) is 1. The number of benzene rings is 2. The first kappa shape index (κ1) is 12.0. The maximum atomic E-state index is 5.75. The molecule has 17 heavy (non-hydrogen) atoms. The van der Waals surface area contributed by atoms with Gasteiger partial charge in [-0.2, -0.15) is 0 Å². The predicted octanol–water partition coefficient (Wildman–Crippen LogP) is 4.39. The molecule has 0 heterocycles. The molecule has 0 radical (unpaired) electrons. The second kappa shape index (κ2) is 4.80. The Balaban J connectivity index is 2.31. The van der Waals surface area contributed by atoms with Crippen LogP contribution >= 0.6 is 15.9 Å². The van der Waals surface area contributed by atoms with Crippen LogP contribution in [0.15, 0.2) is 40.9 Å². The summed E-state index contributed by atoms with van der Waals surface area (Å²) in [5.41, 5.74) is 11.0. The number of hydrogen-bond acceptors (Lipinski definition) is 2. The van der Waals surface area contributed by atoms with Crippen molar-refractivity contribution in [3.8, 4) is 0 Å². The lowest BCUT2D eigenvalue weighted by molar-refractivity contribution is 1.33. The standard InChI is InChI=1S/C14H15BrN2/c1-9-6-13(7-10(2)14(9)15)17-12-5-3-4-11(16)8-12/h3-8,17H,16H2,1-2H3. The Labute approximate surface area is 110 Å². The van der Waals surface area contributed by atoms with Crippen molar-refractivity contribution in [2.24, 2.45) is 0 Å². The Morgan fingerprint density at radius 2 is 1.65 bits per heavy atom. The Kier molecular flexibility index (Phi) is 3.38. The van der Waals surface area contributed by atoms with E-state index in [9.17, 15) is 0 Å². The molecule has 0 atom stereocenters. The fourth-order valence-electron chi connectivity index (χ4n) is 1.80. The molecule has 2 aromatic rings. The van der Waals surface area contributed by atoms with Gasteiger partial charge in [-0.3, -0.25) is 0 Å². The summed E-state index contributed by atoms with van der Waals surface area (Å²) in [4.78, 5) is 0. The van der Waals surface area contributed by atoms with Crippen LogP contribution in [0.2, 0.25) is 0 Å². The van der Waals surface area contributed by atoms with Crippen molar-refractivity contribution < 1.29 is 0 Å². The van der Waals surface area contributed by atoms with Crippen LogP contribution in [0.25, 0.3) is 0 Å². The summed E-state index contributed by atoms with van der Waals surface area (Å²) in [5.74, 6) is 0. The highest BCUT2D eigenvalue weighted by molar-refractivity contribution is 9.10. The van der Waals surface area contributed by atoms with Gasteiger partial charge in [0.15, 0.2) is 0 Å². The molecule has 0 aliphatic rings. The van der Waals surface area contributed by atoms with Crippen molar-refractivity contribution in [2.75, 3.05) is 11.1 Å². The average molecular weight is 291 g/mol. The molecule has 0 saturated carbocycles. The quantitative estimate of drug-likeness (QED) is 0.805. The lowest BCUT2D eigenvalue weighted by Crippen LogP contribution is -1.94. The van der Waals surface area contributed by atoms with E-state index in [-0.39, 0.29) is 0 Å². The van der Waals surface area contributed by atoms with Gasteiger partial charge in [0.25, 0.3) is 0 Å². The van der Waals surface area contributed by atoms with E-state index < -0.39 is 0 Å². The molecule has 2 nitrogen and oxygen atoms in total. The SMILES string of the molecule is Cc1cc(Nc2cccc(N)c2)cc(C)c1Br. The maximum absolute atomic E-state index is 5.75. The molecule has 0 unspecified atom stereocenters. The van der Waals surface area contributed by atoms with E-state index in [1.54, 1.807) is 0 Å². The van der Waals surface area contributed by atoms with Gasteiger partial charge in [0.05, 0.1) is 0 Å². The van der Waals surface area contributed by atoms with E-state index in [1.807, 2.05) is 24.3 Å². The summed E-state index contributed by atoms with van der Waals surface area (Å²) < 4.78 is 1.16. The van der Waals surface area contributed by atoms with Crippen molar-refractivity contribution in [3.63, 3.8) is 0 Å². The van der Waals surface area contributed by atoms with Crippen molar-refractivity contribution in [1.82, 2.24) is 0 Å². The van der Waals surface area contributed by atoms with Crippen LogP contribution in [-0.2, 0) is 0 Å².